The number of phenols is 1. The first kappa shape index (κ1) is 19.0. The van der Waals surface area contributed by atoms with Gasteiger partial charge < -0.3 is 19.6 Å². The quantitative estimate of drug-likeness (QED) is 0.513. The molecule has 1 aliphatic rings. The standard InChI is InChI=1S/C22H23N3O4/c1-29-19-8-2-16-3-9-22(26)21(20(16)14-19)15-23-10-12-24(13-11-23)17-4-6-18(7-5-17)25(27)28/h2-9,14,26H,10-13,15H2,1H3/p+1. The number of quaternary nitrogens is 1. The zero-order chi connectivity index (χ0) is 20.4. The molecule has 0 unspecified atom stereocenters. The molecule has 4 rings (SSSR count). The zero-order valence-electron chi connectivity index (χ0n) is 16.3. The van der Waals surface area contributed by atoms with E-state index in [0.29, 0.717) is 5.75 Å². The number of aromatic hydroxyl groups is 1. The molecule has 3 aromatic carbocycles. The molecular formula is C22H24N3O4+. The molecule has 0 spiro atoms. The van der Waals surface area contributed by atoms with Gasteiger partial charge in [0.1, 0.15) is 18.0 Å². The van der Waals surface area contributed by atoms with E-state index in [1.807, 2.05) is 36.4 Å². The summed E-state index contributed by atoms with van der Waals surface area (Å²) >= 11 is 0. The summed E-state index contributed by atoms with van der Waals surface area (Å²) in [6.45, 7) is 4.32. The number of hydrogen-bond donors (Lipinski definition) is 2. The van der Waals surface area contributed by atoms with Crippen molar-refractivity contribution in [3.05, 3.63) is 70.3 Å². The molecule has 7 nitrogen and oxygen atoms in total. The van der Waals surface area contributed by atoms with Crippen molar-refractivity contribution < 1.29 is 19.7 Å². The van der Waals surface area contributed by atoms with Crippen LogP contribution < -0.4 is 14.5 Å². The second-order valence-corrected chi connectivity index (χ2v) is 7.34. The fourth-order valence-corrected chi connectivity index (χ4v) is 3.96. The van der Waals surface area contributed by atoms with Crippen LogP contribution in [0.15, 0.2) is 54.6 Å². The molecule has 150 valence electrons. The molecule has 0 radical (unpaired) electrons. The Labute approximate surface area is 168 Å². The van der Waals surface area contributed by atoms with Gasteiger partial charge in [0.25, 0.3) is 5.69 Å². The number of methoxy groups -OCH3 is 1. The largest absolute Gasteiger partial charge is 0.507 e. The van der Waals surface area contributed by atoms with Crippen molar-refractivity contribution in [3.63, 3.8) is 0 Å². The lowest BCUT2D eigenvalue weighted by molar-refractivity contribution is -0.914. The zero-order valence-corrected chi connectivity index (χ0v) is 16.3. The summed E-state index contributed by atoms with van der Waals surface area (Å²) in [6.07, 6.45) is 0. The highest BCUT2D eigenvalue weighted by Gasteiger charge is 2.23. The van der Waals surface area contributed by atoms with Crippen LogP contribution >= 0.6 is 0 Å². The highest BCUT2D eigenvalue weighted by atomic mass is 16.6. The van der Waals surface area contributed by atoms with Crippen molar-refractivity contribution in [2.24, 2.45) is 0 Å². The van der Waals surface area contributed by atoms with E-state index in [1.165, 1.54) is 4.90 Å². The Balaban J connectivity index is 1.47. The molecule has 1 fully saturated rings. The van der Waals surface area contributed by atoms with Crippen LogP contribution in [-0.2, 0) is 6.54 Å². The van der Waals surface area contributed by atoms with Crippen LogP contribution in [0.5, 0.6) is 11.5 Å². The van der Waals surface area contributed by atoms with Gasteiger partial charge in [-0.05, 0) is 41.1 Å². The van der Waals surface area contributed by atoms with Gasteiger partial charge in [-0.3, -0.25) is 10.1 Å². The maximum absolute atomic E-state index is 10.8. The normalized spacial score (nSPS) is 14.9. The first-order valence-corrected chi connectivity index (χ1v) is 9.67. The van der Waals surface area contributed by atoms with Crippen molar-refractivity contribution in [1.29, 1.82) is 0 Å². The molecular weight excluding hydrogens is 370 g/mol. The van der Waals surface area contributed by atoms with E-state index in [1.54, 1.807) is 25.3 Å². The second kappa shape index (κ2) is 7.97. The minimum atomic E-state index is -0.377. The Bertz CT molecular complexity index is 1030. The number of nitrogens with one attached hydrogen (secondary N) is 1. The fraction of sp³-hybridized carbons (Fsp3) is 0.273. The molecule has 0 saturated carbocycles. The van der Waals surface area contributed by atoms with Crippen LogP contribution in [-0.4, -0.2) is 43.3 Å². The van der Waals surface area contributed by atoms with Gasteiger partial charge in [-0.1, -0.05) is 12.1 Å². The number of nitrogens with zero attached hydrogens (tertiary/aromatic N) is 2. The topological polar surface area (TPSA) is 80.3 Å². The SMILES string of the molecule is COc1ccc2ccc(O)c(C[NH+]3CCN(c4ccc([N+](=O)[O-])cc4)CC3)c2c1. The van der Waals surface area contributed by atoms with E-state index in [-0.39, 0.29) is 10.6 Å². The minimum Gasteiger partial charge on any atom is -0.507 e. The van der Waals surface area contributed by atoms with Gasteiger partial charge in [-0.15, -0.1) is 0 Å². The molecule has 0 amide bonds. The summed E-state index contributed by atoms with van der Waals surface area (Å²) < 4.78 is 5.36. The average molecular weight is 394 g/mol. The van der Waals surface area contributed by atoms with Crippen molar-refractivity contribution in [2.45, 2.75) is 6.54 Å². The van der Waals surface area contributed by atoms with Gasteiger partial charge in [0.15, 0.2) is 0 Å². The lowest BCUT2D eigenvalue weighted by atomic mass is 10.0. The number of phenolic OH excluding ortho intramolecular Hbond substituents is 1. The lowest BCUT2D eigenvalue weighted by Crippen LogP contribution is -3.13. The summed E-state index contributed by atoms with van der Waals surface area (Å²) in [4.78, 5) is 14.1. The summed E-state index contributed by atoms with van der Waals surface area (Å²) in [5, 5.41) is 23.4. The molecule has 0 bridgehead atoms. The predicted octanol–water partition coefficient (Wildman–Crippen LogP) is 2.37. The van der Waals surface area contributed by atoms with Crippen molar-refractivity contribution in [2.75, 3.05) is 38.2 Å². The number of ether oxygens (including phenoxy) is 1. The van der Waals surface area contributed by atoms with Crippen LogP contribution in [0.1, 0.15) is 5.56 Å². The smallest absolute Gasteiger partial charge is 0.269 e. The third-order valence-electron chi connectivity index (χ3n) is 5.64. The number of hydrogen-bond acceptors (Lipinski definition) is 5. The summed E-state index contributed by atoms with van der Waals surface area (Å²) in [6, 6.07) is 16.3. The van der Waals surface area contributed by atoms with Crippen molar-refractivity contribution >= 4 is 22.1 Å². The summed E-state index contributed by atoms with van der Waals surface area (Å²) in [5.74, 6) is 1.10. The molecule has 0 aromatic heterocycles. The van der Waals surface area contributed by atoms with Gasteiger partial charge in [-0.2, -0.15) is 0 Å². The van der Waals surface area contributed by atoms with Gasteiger partial charge in [0.05, 0.1) is 43.8 Å². The fourth-order valence-electron chi connectivity index (χ4n) is 3.96. The van der Waals surface area contributed by atoms with Crippen LogP contribution in [0.25, 0.3) is 10.8 Å². The number of anilines is 1. The third-order valence-corrected chi connectivity index (χ3v) is 5.64. The number of fused-ring (bicyclic) bond motifs is 1. The van der Waals surface area contributed by atoms with E-state index < -0.39 is 0 Å². The van der Waals surface area contributed by atoms with Crippen molar-refractivity contribution in [1.82, 2.24) is 0 Å². The summed E-state index contributed by atoms with van der Waals surface area (Å²) in [7, 11) is 1.65. The van der Waals surface area contributed by atoms with Crippen LogP contribution in [0.2, 0.25) is 0 Å². The van der Waals surface area contributed by atoms with Gasteiger partial charge >= 0.3 is 0 Å². The third kappa shape index (κ3) is 3.95. The van der Waals surface area contributed by atoms with Crippen LogP contribution in [0, 0.1) is 10.1 Å². The molecule has 1 aliphatic heterocycles. The molecule has 29 heavy (non-hydrogen) atoms. The Kier molecular flexibility index (Phi) is 5.22. The Morgan fingerprint density at radius 3 is 2.45 bits per heavy atom. The minimum absolute atomic E-state index is 0.111. The first-order chi connectivity index (χ1) is 14.0. The van der Waals surface area contributed by atoms with E-state index in [0.717, 1.165) is 60.5 Å². The molecule has 1 heterocycles. The number of nitro benzene ring substituents is 1. The number of nitro groups is 1. The van der Waals surface area contributed by atoms with Gasteiger partial charge in [0.2, 0.25) is 0 Å². The predicted molar refractivity (Wildman–Crippen MR) is 112 cm³/mol. The number of non-ortho nitro benzene ring substituents is 1. The molecule has 1 saturated heterocycles. The Morgan fingerprint density at radius 1 is 1.10 bits per heavy atom. The average Bonchev–Trinajstić information content (AvgIpc) is 2.76. The van der Waals surface area contributed by atoms with E-state index in [9.17, 15) is 15.2 Å². The van der Waals surface area contributed by atoms with E-state index in [2.05, 4.69) is 4.90 Å². The molecule has 2 N–H and O–H groups in total. The molecule has 0 atom stereocenters. The Morgan fingerprint density at radius 2 is 1.79 bits per heavy atom. The molecule has 7 heteroatoms. The maximum atomic E-state index is 10.8. The van der Waals surface area contributed by atoms with Gasteiger partial charge in [-0.25, -0.2) is 0 Å². The lowest BCUT2D eigenvalue weighted by Gasteiger charge is -2.34. The van der Waals surface area contributed by atoms with Gasteiger partial charge in [0, 0.05) is 17.8 Å². The summed E-state index contributed by atoms with van der Waals surface area (Å²) in [5.41, 5.74) is 2.06. The molecule has 0 aliphatic carbocycles. The number of piperazine rings is 1. The van der Waals surface area contributed by atoms with Crippen LogP contribution in [0.4, 0.5) is 11.4 Å². The molecule has 3 aromatic rings. The maximum Gasteiger partial charge on any atom is 0.269 e. The van der Waals surface area contributed by atoms with E-state index >= 15 is 0 Å². The van der Waals surface area contributed by atoms with Crippen molar-refractivity contribution in [3.8, 4) is 11.5 Å². The highest BCUT2D eigenvalue weighted by molar-refractivity contribution is 5.88. The Hall–Kier alpha value is -3.32. The highest BCUT2D eigenvalue weighted by Crippen LogP contribution is 2.29. The monoisotopic (exact) mass is 394 g/mol. The van der Waals surface area contributed by atoms with E-state index in [4.69, 9.17) is 4.74 Å². The second-order valence-electron chi connectivity index (χ2n) is 7.34. The first-order valence-electron chi connectivity index (χ1n) is 9.67. The van der Waals surface area contributed by atoms with Crippen LogP contribution in [0.3, 0.4) is 0 Å². The number of rotatable bonds is 5. The number of benzene rings is 3.